The quantitative estimate of drug-likeness (QED) is 0.814. The second-order valence-corrected chi connectivity index (χ2v) is 5.73. The first-order valence-electron chi connectivity index (χ1n) is 7.71. The van der Waals surface area contributed by atoms with Gasteiger partial charge >= 0.3 is 6.09 Å². The molecule has 0 aromatic heterocycles. The van der Waals surface area contributed by atoms with Gasteiger partial charge in [0.2, 0.25) is 5.91 Å². The van der Waals surface area contributed by atoms with E-state index in [1.165, 1.54) is 0 Å². The van der Waals surface area contributed by atoms with Gasteiger partial charge in [-0.3, -0.25) is 4.79 Å². The summed E-state index contributed by atoms with van der Waals surface area (Å²) >= 11 is 0. The first-order chi connectivity index (χ1) is 10.4. The van der Waals surface area contributed by atoms with Crippen LogP contribution < -0.4 is 10.6 Å². The van der Waals surface area contributed by atoms with E-state index in [9.17, 15) is 9.59 Å². The number of alkyl carbamates (subject to hydrolysis) is 1. The van der Waals surface area contributed by atoms with E-state index < -0.39 is 12.1 Å². The third-order valence-electron chi connectivity index (χ3n) is 3.41. The molecule has 0 aliphatic rings. The number of rotatable bonds is 7. The number of ether oxygens (including phenoxy) is 1. The molecule has 0 aliphatic heterocycles. The van der Waals surface area contributed by atoms with E-state index >= 15 is 0 Å². The van der Waals surface area contributed by atoms with Gasteiger partial charge in [0.25, 0.3) is 0 Å². The zero-order chi connectivity index (χ0) is 16.5. The Hall–Kier alpha value is -2.04. The van der Waals surface area contributed by atoms with Gasteiger partial charge < -0.3 is 15.4 Å². The molecule has 0 unspecified atom stereocenters. The van der Waals surface area contributed by atoms with Crippen molar-refractivity contribution in [1.29, 1.82) is 0 Å². The summed E-state index contributed by atoms with van der Waals surface area (Å²) in [5.74, 6) is -0.149. The van der Waals surface area contributed by atoms with Crippen molar-refractivity contribution in [2.24, 2.45) is 5.92 Å². The van der Waals surface area contributed by atoms with Crippen LogP contribution in [0.25, 0.3) is 0 Å². The molecule has 2 atom stereocenters. The van der Waals surface area contributed by atoms with E-state index in [1.807, 2.05) is 58.0 Å². The lowest BCUT2D eigenvalue weighted by Gasteiger charge is -2.24. The highest BCUT2D eigenvalue weighted by atomic mass is 16.5. The Morgan fingerprint density at radius 1 is 1.09 bits per heavy atom. The van der Waals surface area contributed by atoms with Gasteiger partial charge in [-0.05, 0) is 25.3 Å². The number of hydrogen-bond donors (Lipinski definition) is 2. The summed E-state index contributed by atoms with van der Waals surface area (Å²) in [6.45, 7) is 7.88. The standard InChI is InChI=1S/C17H26N2O3/c1-5-13(4)15(16(20)18-12(2)3)19-17(21)22-11-14-9-7-6-8-10-14/h6-10,12-13,15H,5,11H2,1-4H3,(H,18,20)(H,19,21)/t13-,15-/m1/s1. The summed E-state index contributed by atoms with van der Waals surface area (Å²) in [6, 6.07) is 8.87. The number of amides is 2. The zero-order valence-electron chi connectivity index (χ0n) is 13.8. The van der Waals surface area contributed by atoms with Crippen molar-refractivity contribution in [1.82, 2.24) is 10.6 Å². The average molecular weight is 306 g/mol. The van der Waals surface area contributed by atoms with Crippen molar-refractivity contribution in [3.05, 3.63) is 35.9 Å². The van der Waals surface area contributed by atoms with Gasteiger partial charge in [-0.1, -0.05) is 50.6 Å². The molecule has 5 heteroatoms. The van der Waals surface area contributed by atoms with Gasteiger partial charge in [0, 0.05) is 6.04 Å². The van der Waals surface area contributed by atoms with Crippen LogP contribution in [0.5, 0.6) is 0 Å². The first kappa shape index (κ1) is 18.0. The van der Waals surface area contributed by atoms with Gasteiger partial charge in [-0.2, -0.15) is 0 Å². The largest absolute Gasteiger partial charge is 0.445 e. The van der Waals surface area contributed by atoms with Crippen LogP contribution >= 0.6 is 0 Å². The van der Waals surface area contributed by atoms with Gasteiger partial charge in [-0.25, -0.2) is 4.79 Å². The lowest BCUT2D eigenvalue weighted by Crippen LogP contribution is -2.51. The molecule has 0 saturated heterocycles. The molecule has 122 valence electrons. The van der Waals surface area contributed by atoms with Gasteiger partial charge in [0.05, 0.1) is 0 Å². The monoisotopic (exact) mass is 306 g/mol. The van der Waals surface area contributed by atoms with E-state index in [0.29, 0.717) is 0 Å². The Bertz CT molecular complexity index is 474. The van der Waals surface area contributed by atoms with E-state index in [4.69, 9.17) is 4.74 Å². The maximum absolute atomic E-state index is 12.2. The van der Waals surface area contributed by atoms with Crippen LogP contribution in [0.15, 0.2) is 30.3 Å². The van der Waals surface area contributed by atoms with Gasteiger partial charge in [-0.15, -0.1) is 0 Å². The fraction of sp³-hybridized carbons (Fsp3) is 0.529. The van der Waals surface area contributed by atoms with Gasteiger partial charge in [0.15, 0.2) is 0 Å². The minimum absolute atomic E-state index is 0.0289. The highest BCUT2D eigenvalue weighted by Crippen LogP contribution is 2.09. The third-order valence-corrected chi connectivity index (χ3v) is 3.41. The first-order valence-corrected chi connectivity index (χ1v) is 7.71. The van der Waals surface area contributed by atoms with Crippen molar-refractivity contribution < 1.29 is 14.3 Å². The SMILES string of the molecule is CC[C@@H](C)[C@@H](NC(=O)OCc1ccccc1)C(=O)NC(C)C. The fourth-order valence-corrected chi connectivity index (χ4v) is 1.97. The minimum atomic E-state index is -0.587. The molecule has 1 aromatic rings. The number of benzene rings is 1. The number of hydrogen-bond acceptors (Lipinski definition) is 3. The molecule has 0 radical (unpaired) electrons. The second-order valence-electron chi connectivity index (χ2n) is 5.73. The van der Waals surface area contributed by atoms with Crippen LogP contribution in [-0.4, -0.2) is 24.1 Å². The van der Waals surface area contributed by atoms with E-state index in [-0.39, 0.29) is 24.5 Å². The topological polar surface area (TPSA) is 67.4 Å². The molecule has 2 N–H and O–H groups in total. The van der Waals surface area contributed by atoms with E-state index in [0.717, 1.165) is 12.0 Å². The minimum Gasteiger partial charge on any atom is -0.445 e. The van der Waals surface area contributed by atoms with Crippen LogP contribution in [0, 0.1) is 5.92 Å². The maximum atomic E-state index is 12.2. The normalized spacial score (nSPS) is 13.3. The molecule has 0 fully saturated rings. The highest BCUT2D eigenvalue weighted by Gasteiger charge is 2.26. The summed E-state index contributed by atoms with van der Waals surface area (Å²) in [4.78, 5) is 24.1. The van der Waals surface area contributed by atoms with Crippen molar-refractivity contribution >= 4 is 12.0 Å². The predicted octanol–water partition coefficient (Wildman–Crippen LogP) is 2.85. The molecular weight excluding hydrogens is 280 g/mol. The van der Waals surface area contributed by atoms with Gasteiger partial charge in [0.1, 0.15) is 12.6 Å². The summed E-state index contributed by atoms with van der Waals surface area (Å²) in [5.41, 5.74) is 0.907. The lowest BCUT2D eigenvalue weighted by atomic mass is 9.98. The molecule has 0 bridgehead atoms. The molecule has 1 rings (SSSR count). The molecule has 5 nitrogen and oxygen atoms in total. The predicted molar refractivity (Wildman–Crippen MR) is 86.3 cm³/mol. The molecular formula is C17H26N2O3. The Balaban J connectivity index is 2.57. The Labute approximate surface area is 132 Å². The molecule has 0 saturated carbocycles. The molecule has 1 aromatic carbocycles. The summed E-state index contributed by atoms with van der Waals surface area (Å²) < 4.78 is 5.18. The summed E-state index contributed by atoms with van der Waals surface area (Å²) in [7, 11) is 0. The van der Waals surface area contributed by atoms with Crippen molar-refractivity contribution in [2.45, 2.75) is 52.8 Å². The Morgan fingerprint density at radius 3 is 2.27 bits per heavy atom. The molecule has 22 heavy (non-hydrogen) atoms. The van der Waals surface area contributed by atoms with Crippen LogP contribution in [0.1, 0.15) is 39.7 Å². The van der Waals surface area contributed by atoms with E-state index in [1.54, 1.807) is 0 Å². The zero-order valence-corrected chi connectivity index (χ0v) is 13.8. The Kier molecular flexibility index (Phi) is 7.43. The van der Waals surface area contributed by atoms with Crippen molar-refractivity contribution in [3.8, 4) is 0 Å². The summed E-state index contributed by atoms with van der Waals surface area (Å²) in [5, 5.41) is 5.50. The molecule has 0 spiro atoms. The van der Waals surface area contributed by atoms with E-state index in [2.05, 4.69) is 10.6 Å². The molecule has 0 aliphatic carbocycles. The lowest BCUT2D eigenvalue weighted by molar-refractivity contribution is -0.124. The average Bonchev–Trinajstić information content (AvgIpc) is 2.50. The second kappa shape index (κ2) is 9.07. The number of carbonyl (C=O) groups excluding carboxylic acids is 2. The number of carbonyl (C=O) groups is 2. The smallest absolute Gasteiger partial charge is 0.408 e. The fourth-order valence-electron chi connectivity index (χ4n) is 1.97. The Morgan fingerprint density at radius 2 is 1.73 bits per heavy atom. The highest BCUT2D eigenvalue weighted by molar-refractivity contribution is 5.86. The van der Waals surface area contributed by atoms with Crippen LogP contribution in [0.4, 0.5) is 4.79 Å². The van der Waals surface area contributed by atoms with Crippen LogP contribution in [-0.2, 0) is 16.1 Å². The number of nitrogens with one attached hydrogen (secondary N) is 2. The van der Waals surface area contributed by atoms with Crippen LogP contribution in [0.3, 0.4) is 0 Å². The molecule has 2 amide bonds. The third kappa shape index (κ3) is 6.16. The van der Waals surface area contributed by atoms with Crippen LogP contribution in [0.2, 0.25) is 0 Å². The summed E-state index contributed by atoms with van der Waals surface area (Å²) in [6.07, 6.45) is 0.211. The van der Waals surface area contributed by atoms with Crippen molar-refractivity contribution in [2.75, 3.05) is 0 Å². The molecule has 0 heterocycles. The van der Waals surface area contributed by atoms with Crippen molar-refractivity contribution in [3.63, 3.8) is 0 Å². The maximum Gasteiger partial charge on any atom is 0.408 e.